The minimum atomic E-state index is 1.03. The molecule has 2 aromatic carbocycles. The molecule has 0 spiro atoms. The van der Waals surface area contributed by atoms with Crippen LogP contribution in [0, 0.1) is 0 Å². The summed E-state index contributed by atoms with van der Waals surface area (Å²) in [6, 6.07) is 21.3. The van der Waals surface area contributed by atoms with Crippen LogP contribution in [0.5, 0.6) is 0 Å². The van der Waals surface area contributed by atoms with E-state index in [4.69, 9.17) is 0 Å². The molecular weight excluding hydrogens is 399 g/mol. The summed E-state index contributed by atoms with van der Waals surface area (Å²) in [5, 5.41) is 0. The van der Waals surface area contributed by atoms with E-state index in [1.165, 1.54) is 26.2 Å². The third-order valence-electron chi connectivity index (χ3n) is 3.18. The van der Waals surface area contributed by atoms with Crippen molar-refractivity contribution in [3.63, 3.8) is 0 Å². The van der Waals surface area contributed by atoms with Crippen molar-refractivity contribution in [3.8, 4) is 0 Å². The monoisotopic (exact) mass is 412 g/mol. The first-order valence-electron chi connectivity index (χ1n) is 6.03. The van der Waals surface area contributed by atoms with Crippen LogP contribution in [0.4, 0.5) is 0 Å². The average Bonchev–Trinajstić information content (AvgIpc) is 2.83. The maximum absolute atomic E-state index is 2.46. The summed E-state index contributed by atoms with van der Waals surface area (Å²) in [5.74, 6) is 0. The second-order valence-electron chi connectivity index (χ2n) is 4.32. The average molecular weight is 412 g/mol. The zero-order valence-corrected chi connectivity index (χ0v) is 12.1. The van der Waals surface area contributed by atoms with Crippen molar-refractivity contribution in [1.29, 1.82) is 0 Å². The second-order valence-corrected chi connectivity index (χ2v) is 5.45. The molecular formula is C17H13Pt. The fourth-order valence-corrected chi connectivity index (χ4v) is 3.38. The molecule has 0 unspecified atom stereocenters. The van der Waals surface area contributed by atoms with E-state index in [9.17, 15) is 0 Å². The van der Waals surface area contributed by atoms with Crippen LogP contribution >= 0.6 is 0 Å². The van der Waals surface area contributed by atoms with Gasteiger partial charge in [0.1, 0.15) is 0 Å². The number of allylic oxidation sites excluding steroid dienone is 4. The summed E-state index contributed by atoms with van der Waals surface area (Å²) in [6.45, 7) is 0. The van der Waals surface area contributed by atoms with Gasteiger partial charge in [-0.05, 0) is 0 Å². The van der Waals surface area contributed by atoms with Gasteiger partial charge in [-0.2, -0.15) is 0 Å². The summed E-state index contributed by atoms with van der Waals surface area (Å²) in [4.78, 5) is 0. The fourth-order valence-electron chi connectivity index (χ4n) is 2.26. The Morgan fingerprint density at radius 1 is 0.722 bits per heavy atom. The Hall–Kier alpha value is -1.39. The predicted molar refractivity (Wildman–Crippen MR) is 72.4 cm³/mol. The van der Waals surface area contributed by atoms with Crippen LogP contribution in [0.3, 0.4) is 0 Å². The van der Waals surface area contributed by atoms with Gasteiger partial charge in [0, 0.05) is 0 Å². The zero-order valence-electron chi connectivity index (χ0n) is 9.87. The summed E-state index contributed by atoms with van der Waals surface area (Å²) in [7, 11) is 0. The van der Waals surface area contributed by atoms with Crippen molar-refractivity contribution in [3.05, 3.63) is 81.8 Å². The summed E-state index contributed by atoms with van der Waals surface area (Å²) >= 11 is 2.46. The molecule has 0 heterocycles. The van der Waals surface area contributed by atoms with Crippen LogP contribution in [0.1, 0.15) is 17.5 Å². The summed E-state index contributed by atoms with van der Waals surface area (Å²) in [6.07, 6.45) is 3.37. The van der Waals surface area contributed by atoms with E-state index >= 15 is 0 Å². The van der Waals surface area contributed by atoms with Crippen LogP contribution < -0.4 is 0 Å². The number of benzene rings is 2. The first-order valence-corrected chi connectivity index (χ1v) is 7.17. The molecule has 1 aliphatic carbocycles. The SMILES string of the molecule is [Pt][C]1=C(c2ccccc2)CC=C1c1ccccc1. The van der Waals surface area contributed by atoms with E-state index < -0.39 is 0 Å². The van der Waals surface area contributed by atoms with Crippen LogP contribution in [-0.4, -0.2) is 0 Å². The fraction of sp³-hybridized carbons (Fsp3) is 0.0588. The molecule has 2 aromatic rings. The van der Waals surface area contributed by atoms with E-state index in [1.807, 2.05) is 0 Å². The van der Waals surface area contributed by atoms with Crippen molar-refractivity contribution >= 4 is 11.1 Å². The Labute approximate surface area is 119 Å². The van der Waals surface area contributed by atoms with Crippen molar-refractivity contribution in [1.82, 2.24) is 0 Å². The van der Waals surface area contributed by atoms with E-state index in [2.05, 4.69) is 86.6 Å². The van der Waals surface area contributed by atoms with E-state index in [-0.39, 0.29) is 0 Å². The number of hydrogen-bond acceptors (Lipinski definition) is 0. The molecule has 0 nitrogen and oxygen atoms in total. The molecule has 0 bridgehead atoms. The molecule has 0 N–H and O–H groups in total. The van der Waals surface area contributed by atoms with Gasteiger partial charge in [0.2, 0.25) is 0 Å². The normalized spacial score (nSPS) is 14.9. The van der Waals surface area contributed by atoms with Crippen LogP contribution in [0.15, 0.2) is 70.7 Å². The van der Waals surface area contributed by atoms with Crippen LogP contribution in [0.25, 0.3) is 11.1 Å². The zero-order chi connectivity index (χ0) is 12.4. The van der Waals surface area contributed by atoms with Gasteiger partial charge in [-0.15, -0.1) is 0 Å². The molecule has 3 rings (SSSR count). The molecule has 0 amide bonds. The van der Waals surface area contributed by atoms with Gasteiger partial charge in [0.05, 0.1) is 0 Å². The second kappa shape index (κ2) is 5.08. The van der Waals surface area contributed by atoms with Crippen molar-refractivity contribution < 1.29 is 19.8 Å². The molecule has 0 saturated carbocycles. The van der Waals surface area contributed by atoms with Gasteiger partial charge in [-0.3, -0.25) is 0 Å². The summed E-state index contributed by atoms with van der Waals surface area (Å²) in [5.41, 5.74) is 5.46. The molecule has 1 heteroatoms. The van der Waals surface area contributed by atoms with Crippen LogP contribution in [-0.2, 0) is 19.8 Å². The third-order valence-corrected chi connectivity index (χ3v) is 4.48. The van der Waals surface area contributed by atoms with E-state index in [1.54, 1.807) is 0 Å². The molecule has 0 aliphatic heterocycles. The van der Waals surface area contributed by atoms with Crippen molar-refractivity contribution in [2.45, 2.75) is 6.42 Å². The molecule has 91 valence electrons. The predicted octanol–water partition coefficient (Wildman–Crippen LogP) is 4.43. The van der Waals surface area contributed by atoms with E-state index in [0.29, 0.717) is 0 Å². The Morgan fingerprint density at radius 2 is 1.28 bits per heavy atom. The topological polar surface area (TPSA) is 0 Å². The Morgan fingerprint density at radius 3 is 1.89 bits per heavy atom. The van der Waals surface area contributed by atoms with Crippen molar-refractivity contribution in [2.24, 2.45) is 0 Å². The quantitative estimate of drug-likeness (QED) is 0.685. The van der Waals surface area contributed by atoms with Crippen molar-refractivity contribution in [2.75, 3.05) is 0 Å². The van der Waals surface area contributed by atoms with E-state index in [0.717, 1.165) is 6.42 Å². The van der Waals surface area contributed by atoms with Gasteiger partial charge < -0.3 is 0 Å². The molecule has 0 saturated heterocycles. The molecule has 1 aliphatic rings. The molecule has 0 radical (unpaired) electrons. The van der Waals surface area contributed by atoms with Gasteiger partial charge in [0.15, 0.2) is 0 Å². The Balaban J connectivity index is 2.00. The molecule has 0 atom stereocenters. The number of hydrogen-bond donors (Lipinski definition) is 0. The maximum atomic E-state index is 2.46. The van der Waals surface area contributed by atoms with Gasteiger partial charge in [-0.1, -0.05) is 0 Å². The molecule has 0 aromatic heterocycles. The first-order chi connectivity index (χ1) is 8.86. The molecule has 18 heavy (non-hydrogen) atoms. The van der Waals surface area contributed by atoms with Crippen LogP contribution in [0.2, 0.25) is 0 Å². The van der Waals surface area contributed by atoms with Gasteiger partial charge in [-0.25, -0.2) is 0 Å². The molecule has 0 fully saturated rings. The minimum absolute atomic E-state index is 1.03. The van der Waals surface area contributed by atoms with Gasteiger partial charge in [0.25, 0.3) is 0 Å². The standard InChI is InChI=1S/C17H13.Pt/c1-3-7-14(8-4-1)16-11-12-17(13-16)15-9-5-2-6-10-15;/h1-11H,12H2;. The third kappa shape index (κ3) is 2.13. The Bertz CT molecular complexity index is 564. The summed E-state index contributed by atoms with van der Waals surface area (Å²) < 4.78 is 1.38. The number of rotatable bonds is 2. The first kappa shape index (κ1) is 11.7. The Kier molecular flexibility index (Phi) is 3.30. The van der Waals surface area contributed by atoms with Gasteiger partial charge >= 0.3 is 119 Å².